The highest BCUT2D eigenvalue weighted by Gasteiger charge is 2.30. The van der Waals surface area contributed by atoms with E-state index in [0.29, 0.717) is 27.0 Å². The summed E-state index contributed by atoms with van der Waals surface area (Å²) in [7, 11) is 0. The zero-order chi connectivity index (χ0) is 20.6. The second kappa shape index (κ2) is 7.24. The molecule has 1 aromatic carbocycles. The molecule has 0 bridgehead atoms. The van der Waals surface area contributed by atoms with Gasteiger partial charge in [-0.05, 0) is 24.6 Å². The second-order valence-electron chi connectivity index (χ2n) is 6.15. The first-order valence-corrected chi connectivity index (χ1v) is 9.22. The number of nitrogens with zero attached hydrogens (tertiary/aromatic N) is 5. The van der Waals surface area contributed by atoms with Crippen molar-refractivity contribution in [1.82, 2.24) is 24.6 Å². The van der Waals surface area contributed by atoms with E-state index in [1.165, 1.54) is 21.9 Å². The summed E-state index contributed by atoms with van der Waals surface area (Å²) in [5.41, 5.74) is 0.343. The third-order valence-electron chi connectivity index (χ3n) is 4.00. The molecular formula is C18H13F3N6OS. The van der Waals surface area contributed by atoms with Crippen LogP contribution in [0.4, 0.5) is 18.2 Å². The van der Waals surface area contributed by atoms with Gasteiger partial charge in [-0.15, -0.1) is 16.4 Å². The number of halogens is 3. The molecule has 1 N–H and O–H groups in total. The van der Waals surface area contributed by atoms with Crippen molar-refractivity contribution in [1.29, 1.82) is 0 Å². The normalized spacial score (nSPS) is 11.7. The molecular weight excluding hydrogens is 405 g/mol. The van der Waals surface area contributed by atoms with Crippen LogP contribution >= 0.6 is 11.3 Å². The fourth-order valence-corrected chi connectivity index (χ4v) is 3.66. The van der Waals surface area contributed by atoms with E-state index in [1.54, 1.807) is 31.5 Å². The van der Waals surface area contributed by atoms with Gasteiger partial charge in [0, 0.05) is 18.8 Å². The van der Waals surface area contributed by atoms with Crippen LogP contribution in [0.2, 0.25) is 0 Å². The van der Waals surface area contributed by atoms with Crippen molar-refractivity contribution in [3.8, 4) is 0 Å². The minimum absolute atomic E-state index is 0.0454. The first-order chi connectivity index (χ1) is 13.8. The lowest BCUT2D eigenvalue weighted by molar-refractivity contribution is -0.137. The molecule has 0 aliphatic heterocycles. The summed E-state index contributed by atoms with van der Waals surface area (Å²) >= 11 is 1.20. The standard InChI is InChI=1S/C18H13F3N6OS/c1-10-16(25-15(28)14-24-17-22-6-3-7-27(17)26-14)29-13(23-10)9-11-4-2-5-12(8-11)18(19,20)21/h2-8H,9H2,1H3,(H,25,28). The molecule has 0 saturated carbocycles. The van der Waals surface area contributed by atoms with Gasteiger partial charge in [0.15, 0.2) is 0 Å². The molecule has 0 fully saturated rings. The summed E-state index contributed by atoms with van der Waals surface area (Å²) in [4.78, 5) is 24.8. The average molecular weight is 418 g/mol. The number of aromatic nitrogens is 5. The van der Waals surface area contributed by atoms with Crippen molar-refractivity contribution in [2.45, 2.75) is 19.5 Å². The van der Waals surface area contributed by atoms with Crippen molar-refractivity contribution in [2.75, 3.05) is 5.32 Å². The van der Waals surface area contributed by atoms with Gasteiger partial charge in [-0.2, -0.15) is 18.2 Å². The van der Waals surface area contributed by atoms with Crippen molar-refractivity contribution in [3.63, 3.8) is 0 Å². The van der Waals surface area contributed by atoms with Gasteiger partial charge in [0.1, 0.15) is 5.00 Å². The number of fused-ring (bicyclic) bond motifs is 1. The molecule has 148 valence electrons. The molecule has 0 saturated heterocycles. The van der Waals surface area contributed by atoms with Crippen LogP contribution in [0.5, 0.6) is 0 Å². The number of alkyl halides is 3. The van der Waals surface area contributed by atoms with E-state index < -0.39 is 17.6 Å². The van der Waals surface area contributed by atoms with Gasteiger partial charge in [-0.1, -0.05) is 18.2 Å². The number of carbonyl (C=O) groups excluding carboxylic acids is 1. The zero-order valence-electron chi connectivity index (χ0n) is 14.9. The van der Waals surface area contributed by atoms with Crippen LogP contribution in [-0.4, -0.2) is 30.5 Å². The summed E-state index contributed by atoms with van der Waals surface area (Å²) in [5, 5.41) is 7.83. The highest BCUT2D eigenvalue weighted by atomic mass is 32.1. The molecule has 0 radical (unpaired) electrons. The number of thiazole rings is 1. The van der Waals surface area contributed by atoms with Gasteiger partial charge in [0.2, 0.25) is 5.82 Å². The van der Waals surface area contributed by atoms with E-state index in [4.69, 9.17) is 0 Å². The van der Waals surface area contributed by atoms with E-state index in [-0.39, 0.29) is 12.2 Å². The third-order valence-corrected chi connectivity index (χ3v) is 5.07. The summed E-state index contributed by atoms with van der Waals surface area (Å²) in [6.45, 7) is 1.71. The van der Waals surface area contributed by atoms with Gasteiger partial charge in [0.25, 0.3) is 11.7 Å². The molecule has 0 atom stereocenters. The summed E-state index contributed by atoms with van der Waals surface area (Å²) < 4.78 is 40.0. The molecule has 4 rings (SSSR count). The topological polar surface area (TPSA) is 85.1 Å². The quantitative estimate of drug-likeness (QED) is 0.546. The number of aryl methyl sites for hydroxylation is 1. The molecule has 11 heteroatoms. The average Bonchev–Trinajstić information content (AvgIpc) is 3.25. The van der Waals surface area contributed by atoms with Crippen molar-refractivity contribution in [3.05, 3.63) is 70.4 Å². The van der Waals surface area contributed by atoms with Crippen molar-refractivity contribution in [2.24, 2.45) is 0 Å². The Morgan fingerprint density at radius 1 is 1.24 bits per heavy atom. The SMILES string of the molecule is Cc1nc(Cc2cccc(C(F)(F)F)c2)sc1NC(=O)c1nc2ncccn2n1. The fourth-order valence-electron chi connectivity index (χ4n) is 2.66. The number of amides is 1. The number of nitrogens with one attached hydrogen (secondary N) is 1. The number of hydrogen-bond acceptors (Lipinski definition) is 6. The Morgan fingerprint density at radius 2 is 2.07 bits per heavy atom. The fraction of sp³-hybridized carbons (Fsp3) is 0.167. The maximum Gasteiger partial charge on any atom is 0.416 e. The Kier molecular flexibility index (Phi) is 4.74. The van der Waals surface area contributed by atoms with Gasteiger partial charge < -0.3 is 5.32 Å². The number of benzene rings is 1. The Morgan fingerprint density at radius 3 is 2.83 bits per heavy atom. The van der Waals surface area contributed by atoms with Crippen LogP contribution in [0, 0.1) is 6.92 Å². The van der Waals surface area contributed by atoms with Crippen LogP contribution in [0.3, 0.4) is 0 Å². The van der Waals surface area contributed by atoms with E-state index in [2.05, 4.69) is 25.4 Å². The highest BCUT2D eigenvalue weighted by molar-refractivity contribution is 7.16. The Hall–Kier alpha value is -3.34. The monoisotopic (exact) mass is 418 g/mol. The lowest BCUT2D eigenvalue weighted by Crippen LogP contribution is -2.13. The Balaban J connectivity index is 1.51. The molecule has 3 heterocycles. The summed E-state index contributed by atoms with van der Waals surface area (Å²) in [6, 6.07) is 6.76. The molecule has 0 aliphatic rings. The number of hydrogen-bond donors (Lipinski definition) is 1. The highest BCUT2D eigenvalue weighted by Crippen LogP contribution is 2.31. The van der Waals surface area contributed by atoms with Crippen molar-refractivity contribution >= 4 is 28.0 Å². The van der Waals surface area contributed by atoms with Crippen LogP contribution in [0.15, 0.2) is 42.7 Å². The Bertz CT molecular complexity index is 1170. The Labute approximate surface area is 166 Å². The number of carbonyl (C=O) groups is 1. The van der Waals surface area contributed by atoms with E-state index in [0.717, 1.165) is 12.1 Å². The van der Waals surface area contributed by atoms with Crippen LogP contribution in [0.1, 0.15) is 32.4 Å². The minimum Gasteiger partial charge on any atom is -0.309 e. The zero-order valence-corrected chi connectivity index (χ0v) is 15.8. The van der Waals surface area contributed by atoms with Crippen LogP contribution < -0.4 is 5.32 Å². The lowest BCUT2D eigenvalue weighted by atomic mass is 10.1. The van der Waals surface area contributed by atoms with Gasteiger partial charge >= 0.3 is 6.18 Å². The maximum absolute atomic E-state index is 12.9. The first kappa shape index (κ1) is 19.0. The molecule has 4 aromatic rings. The predicted octanol–water partition coefficient (Wildman–Crippen LogP) is 3.75. The molecule has 0 spiro atoms. The maximum atomic E-state index is 12.9. The molecule has 1 amide bonds. The van der Waals surface area contributed by atoms with Crippen LogP contribution in [0.25, 0.3) is 5.78 Å². The predicted molar refractivity (Wildman–Crippen MR) is 99.8 cm³/mol. The number of rotatable bonds is 4. The van der Waals surface area contributed by atoms with E-state index >= 15 is 0 Å². The molecule has 29 heavy (non-hydrogen) atoms. The molecule has 0 aliphatic carbocycles. The summed E-state index contributed by atoms with van der Waals surface area (Å²) in [6.07, 6.45) is -1.01. The third kappa shape index (κ3) is 4.09. The molecule has 7 nitrogen and oxygen atoms in total. The number of anilines is 1. The second-order valence-corrected chi connectivity index (χ2v) is 7.23. The summed E-state index contributed by atoms with van der Waals surface area (Å²) in [5.74, 6) is -0.271. The van der Waals surface area contributed by atoms with E-state index in [9.17, 15) is 18.0 Å². The minimum atomic E-state index is -4.40. The van der Waals surface area contributed by atoms with Crippen molar-refractivity contribution < 1.29 is 18.0 Å². The van der Waals surface area contributed by atoms with Gasteiger partial charge in [0.05, 0.1) is 16.3 Å². The van der Waals surface area contributed by atoms with Crippen LogP contribution in [-0.2, 0) is 12.6 Å². The van der Waals surface area contributed by atoms with Gasteiger partial charge in [-0.25, -0.2) is 14.5 Å². The largest absolute Gasteiger partial charge is 0.416 e. The first-order valence-electron chi connectivity index (χ1n) is 8.41. The van der Waals surface area contributed by atoms with Gasteiger partial charge in [-0.3, -0.25) is 4.79 Å². The smallest absolute Gasteiger partial charge is 0.309 e. The lowest BCUT2D eigenvalue weighted by Gasteiger charge is -2.07. The molecule has 0 unspecified atom stereocenters. The van der Waals surface area contributed by atoms with E-state index in [1.807, 2.05) is 0 Å². The molecule has 3 aromatic heterocycles.